The summed E-state index contributed by atoms with van der Waals surface area (Å²) >= 11 is 0. The zero-order valence-corrected chi connectivity index (χ0v) is 13.1. The molecule has 24 heavy (non-hydrogen) atoms. The van der Waals surface area contributed by atoms with Crippen molar-refractivity contribution in [1.29, 1.82) is 0 Å². The Morgan fingerprint density at radius 3 is 2.92 bits per heavy atom. The first-order chi connectivity index (χ1) is 11.7. The molecule has 4 rings (SSSR count). The van der Waals surface area contributed by atoms with Crippen LogP contribution >= 0.6 is 0 Å². The van der Waals surface area contributed by atoms with E-state index in [9.17, 15) is 9.59 Å². The van der Waals surface area contributed by atoms with Crippen LogP contribution in [0.25, 0.3) is 11.0 Å². The van der Waals surface area contributed by atoms with Gasteiger partial charge in [-0.1, -0.05) is 18.2 Å². The van der Waals surface area contributed by atoms with Gasteiger partial charge in [-0.15, -0.1) is 0 Å². The summed E-state index contributed by atoms with van der Waals surface area (Å²) in [7, 11) is 1.32. The highest BCUT2D eigenvalue weighted by Crippen LogP contribution is 2.29. The molecule has 0 bridgehead atoms. The second-order valence-corrected chi connectivity index (χ2v) is 5.63. The van der Waals surface area contributed by atoms with E-state index in [2.05, 4.69) is 9.97 Å². The Morgan fingerprint density at radius 2 is 2.08 bits per heavy atom. The lowest BCUT2D eigenvalue weighted by atomic mass is 10.2. The van der Waals surface area contributed by atoms with Crippen molar-refractivity contribution in [1.82, 2.24) is 9.97 Å². The molecule has 1 aromatic carbocycles. The van der Waals surface area contributed by atoms with E-state index in [1.807, 2.05) is 24.3 Å². The van der Waals surface area contributed by atoms with Gasteiger partial charge < -0.3 is 14.6 Å². The Hall–Kier alpha value is -3.15. The summed E-state index contributed by atoms with van der Waals surface area (Å²) in [6.07, 6.45) is 2.37. The van der Waals surface area contributed by atoms with Gasteiger partial charge in [-0.05, 0) is 30.2 Å². The fourth-order valence-corrected chi connectivity index (χ4v) is 3.12. The van der Waals surface area contributed by atoms with Crippen LogP contribution in [0.3, 0.4) is 0 Å². The molecule has 1 N–H and O–H groups in total. The van der Waals surface area contributed by atoms with Crippen LogP contribution in [0.2, 0.25) is 0 Å². The number of para-hydroxylation sites is 1. The molecule has 3 heterocycles. The standard InChI is InChI=1S/C18H15N3O3/c1-24-18(23)12-6-8-19-13-10-14(20-16(12)13)17(22)21-9-7-11-4-2-3-5-15(11)21/h2-6,8,10,20H,7,9H2,1H3. The van der Waals surface area contributed by atoms with Gasteiger partial charge in [0.15, 0.2) is 0 Å². The summed E-state index contributed by atoms with van der Waals surface area (Å²) in [5.74, 6) is -0.594. The molecule has 0 fully saturated rings. The highest BCUT2D eigenvalue weighted by Gasteiger charge is 2.27. The van der Waals surface area contributed by atoms with E-state index in [1.165, 1.54) is 13.3 Å². The molecule has 0 saturated carbocycles. The molecule has 0 atom stereocenters. The van der Waals surface area contributed by atoms with E-state index in [0.29, 0.717) is 28.8 Å². The number of H-pyrrole nitrogens is 1. The molecule has 6 heteroatoms. The van der Waals surface area contributed by atoms with Crippen LogP contribution in [0.5, 0.6) is 0 Å². The predicted molar refractivity (Wildman–Crippen MR) is 89.3 cm³/mol. The van der Waals surface area contributed by atoms with Gasteiger partial charge in [-0.2, -0.15) is 0 Å². The molecular weight excluding hydrogens is 306 g/mol. The average Bonchev–Trinajstić information content (AvgIpc) is 3.24. The van der Waals surface area contributed by atoms with Crippen molar-refractivity contribution in [2.75, 3.05) is 18.6 Å². The first kappa shape index (κ1) is 14.4. The number of ether oxygens (including phenoxy) is 1. The summed E-state index contributed by atoms with van der Waals surface area (Å²) < 4.78 is 4.78. The molecule has 3 aromatic rings. The second kappa shape index (κ2) is 5.49. The van der Waals surface area contributed by atoms with Crippen LogP contribution in [-0.4, -0.2) is 35.5 Å². The molecule has 1 aliphatic heterocycles. The summed E-state index contributed by atoms with van der Waals surface area (Å²) in [4.78, 5) is 33.7. The molecule has 0 saturated heterocycles. The first-order valence-corrected chi connectivity index (χ1v) is 7.65. The molecule has 0 aliphatic carbocycles. The van der Waals surface area contributed by atoms with Crippen LogP contribution in [0.1, 0.15) is 26.4 Å². The molecule has 0 unspecified atom stereocenters. The zero-order chi connectivity index (χ0) is 16.7. The fraction of sp³-hybridized carbons (Fsp3) is 0.167. The van der Waals surface area contributed by atoms with E-state index in [1.54, 1.807) is 17.0 Å². The lowest BCUT2D eigenvalue weighted by Gasteiger charge is -2.16. The SMILES string of the molecule is COC(=O)c1ccnc2cc(C(=O)N3CCc4ccccc43)[nH]c12. The van der Waals surface area contributed by atoms with Crippen LogP contribution in [-0.2, 0) is 11.2 Å². The monoisotopic (exact) mass is 321 g/mol. The largest absolute Gasteiger partial charge is 0.465 e. The van der Waals surface area contributed by atoms with Gasteiger partial charge >= 0.3 is 5.97 Å². The number of aromatic nitrogens is 2. The van der Waals surface area contributed by atoms with Crippen molar-refractivity contribution in [2.24, 2.45) is 0 Å². The number of carbonyl (C=O) groups is 2. The number of esters is 1. The van der Waals surface area contributed by atoms with E-state index >= 15 is 0 Å². The maximum Gasteiger partial charge on any atom is 0.340 e. The molecular formula is C18H15N3O3. The summed E-state index contributed by atoms with van der Waals surface area (Å²) in [6.45, 7) is 0.644. The number of nitrogens with zero attached hydrogens (tertiary/aromatic N) is 2. The van der Waals surface area contributed by atoms with Crippen molar-refractivity contribution in [3.05, 3.63) is 59.4 Å². The van der Waals surface area contributed by atoms with Crippen LogP contribution in [0, 0.1) is 0 Å². The normalized spacial score (nSPS) is 13.1. The Labute approximate surface area is 138 Å². The van der Waals surface area contributed by atoms with Gasteiger partial charge in [0.1, 0.15) is 5.69 Å². The van der Waals surface area contributed by atoms with Crippen LogP contribution in [0.4, 0.5) is 5.69 Å². The molecule has 6 nitrogen and oxygen atoms in total. The summed E-state index contributed by atoms with van der Waals surface area (Å²) in [6, 6.07) is 11.1. The van der Waals surface area contributed by atoms with Crippen LogP contribution < -0.4 is 4.90 Å². The van der Waals surface area contributed by atoms with Crippen molar-refractivity contribution in [3.8, 4) is 0 Å². The molecule has 120 valence electrons. The molecule has 1 aliphatic rings. The Balaban J connectivity index is 1.75. The number of amides is 1. The number of carbonyl (C=O) groups excluding carboxylic acids is 2. The highest BCUT2D eigenvalue weighted by molar-refractivity contribution is 6.10. The van der Waals surface area contributed by atoms with Crippen molar-refractivity contribution in [3.63, 3.8) is 0 Å². The average molecular weight is 321 g/mol. The molecule has 0 spiro atoms. The van der Waals surface area contributed by atoms with Crippen molar-refractivity contribution in [2.45, 2.75) is 6.42 Å². The number of methoxy groups -OCH3 is 1. The third-order valence-corrected chi connectivity index (χ3v) is 4.29. The van der Waals surface area contributed by atoms with Gasteiger partial charge in [0.25, 0.3) is 5.91 Å². The van der Waals surface area contributed by atoms with Crippen molar-refractivity contribution < 1.29 is 14.3 Å². The molecule has 1 amide bonds. The Kier molecular flexibility index (Phi) is 3.30. The number of benzene rings is 1. The van der Waals surface area contributed by atoms with Gasteiger partial charge in [0.2, 0.25) is 0 Å². The molecule has 2 aromatic heterocycles. The van der Waals surface area contributed by atoms with E-state index in [-0.39, 0.29) is 5.91 Å². The van der Waals surface area contributed by atoms with Gasteiger partial charge in [-0.3, -0.25) is 9.78 Å². The number of anilines is 1. The smallest absolute Gasteiger partial charge is 0.340 e. The van der Waals surface area contributed by atoms with Gasteiger partial charge in [0, 0.05) is 18.4 Å². The lowest BCUT2D eigenvalue weighted by molar-refractivity contribution is 0.0602. The summed E-state index contributed by atoms with van der Waals surface area (Å²) in [5.41, 5.74) is 3.94. The van der Waals surface area contributed by atoms with Gasteiger partial charge in [-0.25, -0.2) is 4.79 Å². The maximum absolute atomic E-state index is 12.9. The minimum Gasteiger partial charge on any atom is -0.465 e. The topological polar surface area (TPSA) is 75.3 Å². The number of aromatic amines is 1. The summed E-state index contributed by atoms with van der Waals surface area (Å²) in [5, 5.41) is 0. The van der Waals surface area contributed by atoms with Crippen LogP contribution in [0.15, 0.2) is 42.6 Å². The third-order valence-electron chi connectivity index (χ3n) is 4.29. The quantitative estimate of drug-likeness (QED) is 0.736. The maximum atomic E-state index is 12.9. The number of pyridine rings is 1. The van der Waals surface area contributed by atoms with Gasteiger partial charge in [0.05, 0.1) is 23.7 Å². The highest BCUT2D eigenvalue weighted by atomic mass is 16.5. The number of rotatable bonds is 2. The molecule has 0 radical (unpaired) electrons. The Bertz CT molecular complexity index is 961. The number of fused-ring (bicyclic) bond motifs is 2. The third kappa shape index (κ3) is 2.15. The number of hydrogen-bond acceptors (Lipinski definition) is 4. The number of nitrogens with one attached hydrogen (secondary N) is 1. The van der Waals surface area contributed by atoms with Crippen molar-refractivity contribution >= 4 is 28.6 Å². The van der Waals surface area contributed by atoms with E-state index in [0.717, 1.165) is 17.7 Å². The number of hydrogen-bond donors (Lipinski definition) is 1. The zero-order valence-electron chi connectivity index (χ0n) is 13.1. The minimum absolute atomic E-state index is 0.131. The Morgan fingerprint density at radius 1 is 1.25 bits per heavy atom. The van der Waals surface area contributed by atoms with E-state index in [4.69, 9.17) is 4.74 Å². The minimum atomic E-state index is -0.463. The first-order valence-electron chi connectivity index (χ1n) is 7.65. The second-order valence-electron chi connectivity index (χ2n) is 5.63. The fourth-order valence-electron chi connectivity index (χ4n) is 3.12. The predicted octanol–water partition coefficient (Wildman–Crippen LogP) is 2.55. The van der Waals surface area contributed by atoms with E-state index < -0.39 is 5.97 Å². The lowest BCUT2D eigenvalue weighted by Crippen LogP contribution is -2.29.